The summed E-state index contributed by atoms with van der Waals surface area (Å²) in [5.41, 5.74) is 0. The predicted octanol–water partition coefficient (Wildman–Crippen LogP) is 4.58. The van der Waals surface area contributed by atoms with Crippen LogP contribution < -0.4 is 9.47 Å². The predicted molar refractivity (Wildman–Crippen MR) is 143 cm³/mol. The van der Waals surface area contributed by atoms with Gasteiger partial charge in [0.15, 0.2) is 11.9 Å². The molecular weight excluding hydrogens is 595 g/mol. The van der Waals surface area contributed by atoms with Crippen molar-refractivity contribution in [2.45, 2.75) is 42.4 Å². The quantitative estimate of drug-likeness (QED) is 0.200. The number of hydrogen-bond acceptors (Lipinski definition) is 9. The van der Waals surface area contributed by atoms with Gasteiger partial charge in [0.1, 0.15) is 25.1 Å². The molecule has 14 heteroatoms. The van der Waals surface area contributed by atoms with E-state index in [1.54, 1.807) is 23.3 Å². The first-order chi connectivity index (χ1) is 18.5. The van der Waals surface area contributed by atoms with Crippen LogP contribution in [-0.4, -0.2) is 61.2 Å². The van der Waals surface area contributed by atoms with Crippen molar-refractivity contribution in [2.24, 2.45) is 0 Å². The topological polar surface area (TPSA) is 123 Å². The van der Waals surface area contributed by atoms with Crippen molar-refractivity contribution in [3.8, 4) is 11.5 Å². The van der Waals surface area contributed by atoms with Crippen molar-refractivity contribution in [1.29, 1.82) is 0 Å². The molecule has 10 nitrogen and oxygen atoms in total. The molecule has 0 radical (unpaired) electrons. The molecule has 1 heterocycles. The maximum atomic E-state index is 13.2. The number of nitrogens with zero attached hydrogens (tertiary/aromatic N) is 2. The molecular formula is C25H25Cl3N2O8S. The Bertz CT molecular complexity index is 1360. The van der Waals surface area contributed by atoms with Crippen LogP contribution in [0.15, 0.2) is 64.9 Å². The van der Waals surface area contributed by atoms with Gasteiger partial charge in [-0.1, -0.05) is 23.2 Å². The second-order valence-corrected chi connectivity index (χ2v) is 11.3. The average Bonchev–Trinajstić information content (AvgIpc) is 3.38. The Morgan fingerprint density at radius 3 is 2.05 bits per heavy atom. The number of aromatic nitrogens is 2. The first kappa shape index (κ1) is 30.6. The van der Waals surface area contributed by atoms with Crippen molar-refractivity contribution in [3.05, 3.63) is 65.2 Å². The van der Waals surface area contributed by atoms with Crippen molar-refractivity contribution in [2.75, 3.05) is 19.1 Å². The lowest BCUT2D eigenvalue weighted by molar-refractivity contribution is -0.148. The third-order valence-corrected chi connectivity index (χ3v) is 7.73. The first-order valence-electron chi connectivity index (χ1n) is 11.5. The fourth-order valence-electron chi connectivity index (χ4n) is 3.38. The lowest BCUT2D eigenvalue weighted by atomic mass is 10.3. The SMILES string of the molecule is CC(=O)O[C@H](CCl)COc1c(Cl)cc(S(=O)(=O)c2ccc(OC[C@H](Cn3ccnc3)OC(C)=O)cc2)cc1Cl. The Balaban J connectivity index is 1.69. The van der Waals surface area contributed by atoms with E-state index >= 15 is 0 Å². The minimum absolute atomic E-state index is 0.0178. The maximum absolute atomic E-state index is 13.2. The van der Waals surface area contributed by atoms with E-state index in [9.17, 15) is 18.0 Å². The van der Waals surface area contributed by atoms with Gasteiger partial charge in [-0.2, -0.15) is 0 Å². The molecule has 0 saturated carbocycles. The molecule has 0 aliphatic rings. The summed E-state index contributed by atoms with van der Waals surface area (Å²) in [6, 6.07) is 8.14. The van der Waals surface area contributed by atoms with Gasteiger partial charge in [-0.3, -0.25) is 9.59 Å². The number of carbonyl (C=O) groups excluding carboxylic acids is 2. The van der Waals surface area contributed by atoms with Crippen LogP contribution in [0.2, 0.25) is 10.0 Å². The lowest BCUT2D eigenvalue weighted by Gasteiger charge is -2.18. The number of alkyl halides is 1. The third kappa shape index (κ3) is 8.76. The van der Waals surface area contributed by atoms with Gasteiger partial charge in [-0.15, -0.1) is 11.6 Å². The van der Waals surface area contributed by atoms with Crippen molar-refractivity contribution in [3.63, 3.8) is 0 Å². The number of imidazole rings is 1. The van der Waals surface area contributed by atoms with Crippen LogP contribution in [0.5, 0.6) is 11.5 Å². The highest BCUT2D eigenvalue weighted by Crippen LogP contribution is 2.37. The zero-order valence-electron chi connectivity index (χ0n) is 20.9. The number of carbonyl (C=O) groups is 2. The largest absolute Gasteiger partial charge is 0.490 e. The normalized spacial score (nSPS) is 12.8. The number of sulfone groups is 1. The van der Waals surface area contributed by atoms with Crippen LogP contribution in [0, 0.1) is 0 Å². The van der Waals surface area contributed by atoms with Crippen LogP contribution >= 0.6 is 34.8 Å². The van der Waals surface area contributed by atoms with Gasteiger partial charge >= 0.3 is 11.9 Å². The minimum atomic E-state index is -4.00. The number of rotatable bonds is 13. The highest BCUT2D eigenvalue weighted by molar-refractivity contribution is 7.91. The van der Waals surface area contributed by atoms with Gasteiger partial charge in [-0.05, 0) is 36.4 Å². The molecule has 210 valence electrons. The highest BCUT2D eigenvalue weighted by atomic mass is 35.5. The van der Waals surface area contributed by atoms with Gasteiger partial charge in [0, 0.05) is 26.2 Å². The van der Waals surface area contributed by atoms with Gasteiger partial charge in [0.25, 0.3) is 0 Å². The fourth-order valence-corrected chi connectivity index (χ4v) is 5.57. The Labute approximate surface area is 240 Å². The van der Waals surface area contributed by atoms with Crippen molar-refractivity contribution in [1.82, 2.24) is 9.55 Å². The van der Waals surface area contributed by atoms with Gasteiger partial charge in [0.05, 0.1) is 38.6 Å². The molecule has 0 aliphatic carbocycles. The van der Waals surface area contributed by atoms with E-state index in [4.69, 9.17) is 53.8 Å². The van der Waals surface area contributed by atoms with E-state index < -0.39 is 34.0 Å². The minimum Gasteiger partial charge on any atom is -0.490 e. The summed E-state index contributed by atoms with van der Waals surface area (Å²) >= 11 is 18.3. The summed E-state index contributed by atoms with van der Waals surface area (Å²) in [4.78, 5) is 26.4. The molecule has 2 atom stereocenters. The van der Waals surface area contributed by atoms with Crippen LogP contribution in [0.3, 0.4) is 0 Å². The molecule has 0 unspecified atom stereocenters. The molecule has 0 bridgehead atoms. The summed E-state index contributed by atoms with van der Waals surface area (Å²) in [5, 5.41) is -0.0989. The summed E-state index contributed by atoms with van der Waals surface area (Å²) < 4.78 is 49.7. The van der Waals surface area contributed by atoms with Crippen molar-refractivity contribution < 1.29 is 37.0 Å². The molecule has 0 fully saturated rings. The molecule has 0 N–H and O–H groups in total. The molecule has 3 aromatic rings. The average molecular weight is 620 g/mol. The summed E-state index contributed by atoms with van der Waals surface area (Å²) in [6.07, 6.45) is 3.60. The van der Waals surface area contributed by atoms with E-state index in [0.717, 1.165) is 0 Å². The smallest absolute Gasteiger partial charge is 0.303 e. The van der Waals surface area contributed by atoms with E-state index in [-0.39, 0.29) is 44.7 Å². The van der Waals surface area contributed by atoms with Crippen LogP contribution in [0.25, 0.3) is 0 Å². The summed E-state index contributed by atoms with van der Waals surface area (Å²) in [5.74, 6) is -0.602. The van der Waals surface area contributed by atoms with Crippen LogP contribution in [-0.2, 0) is 35.4 Å². The molecule has 3 rings (SSSR count). The Morgan fingerprint density at radius 1 is 0.923 bits per heavy atom. The monoisotopic (exact) mass is 618 g/mol. The van der Waals surface area contributed by atoms with Crippen molar-refractivity contribution >= 4 is 56.6 Å². The second-order valence-electron chi connectivity index (χ2n) is 8.19. The molecule has 1 aromatic heterocycles. The molecule has 0 spiro atoms. The number of hydrogen-bond donors (Lipinski definition) is 0. The number of ether oxygens (including phenoxy) is 4. The first-order valence-corrected chi connectivity index (χ1v) is 14.2. The molecule has 0 saturated heterocycles. The molecule has 0 aliphatic heterocycles. The van der Waals surface area contributed by atoms with E-state index in [1.165, 1.54) is 50.2 Å². The zero-order valence-corrected chi connectivity index (χ0v) is 24.0. The van der Waals surface area contributed by atoms with E-state index in [2.05, 4.69) is 4.98 Å². The Kier molecular flexibility index (Phi) is 10.9. The number of benzene rings is 2. The number of halogens is 3. The van der Waals surface area contributed by atoms with Crippen LogP contribution in [0.4, 0.5) is 0 Å². The summed E-state index contributed by atoms with van der Waals surface area (Å²) in [7, 11) is -4.00. The Hall–Kier alpha value is -2.99. The molecule has 0 amide bonds. The van der Waals surface area contributed by atoms with Gasteiger partial charge < -0.3 is 23.5 Å². The fraction of sp³-hybridized carbons (Fsp3) is 0.320. The van der Waals surface area contributed by atoms with E-state index in [0.29, 0.717) is 12.3 Å². The van der Waals surface area contributed by atoms with Gasteiger partial charge in [0.2, 0.25) is 9.84 Å². The van der Waals surface area contributed by atoms with Crippen LogP contribution in [0.1, 0.15) is 13.8 Å². The molecule has 2 aromatic carbocycles. The van der Waals surface area contributed by atoms with E-state index in [1.807, 2.05) is 0 Å². The van der Waals surface area contributed by atoms with Gasteiger partial charge in [-0.25, -0.2) is 13.4 Å². The highest BCUT2D eigenvalue weighted by Gasteiger charge is 2.23. The number of esters is 2. The maximum Gasteiger partial charge on any atom is 0.303 e. The third-order valence-electron chi connectivity index (χ3n) is 5.08. The Morgan fingerprint density at radius 2 is 1.51 bits per heavy atom. The summed E-state index contributed by atoms with van der Waals surface area (Å²) in [6.45, 7) is 2.79. The zero-order chi connectivity index (χ0) is 28.6. The lowest BCUT2D eigenvalue weighted by Crippen LogP contribution is -2.28. The molecule has 39 heavy (non-hydrogen) atoms. The second kappa shape index (κ2) is 13.9. The standard InChI is InChI=1S/C25H25Cl3N2O8S/c1-16(31)37-19(11-26)13-36-25-23(27)9-22(10-24(25)28)39(33,34)21-5-3-18(4-6-21)35-14-20(38-17(2)32)12-30-8-7-29-15-30/h3-10,15,19-20H,11-14H2,1-2H3/t19-,20+/m1/s1.